The van der Waals surface area contributed by atoms with Crippen LogP contribution in [0.1, 0.15) is 50.1 Å². The topological polar surface area (TPSA) is 41.6 Å². The fraction of sp³-hybridized carbons (Fsp3) is 0.562. The summed E-state index contributed by atoms with van der Waals surface area (Å²) in [4.78, 5) is 6.71. The quantitative estimate of drug-likeness (QED) is 0.817. The Balaban J connectivity index is 1.85. The highest BCUT2D eigenvalue weighted by atomic mass is 79.9. The molecule has 0 bridgehead atoms. The van der Waals surface area contributed by atoms with E-state index in [4.69, 9.17) is 5.73 Å². The molecule has 0 aromatic heterocycles. The summed E-state index contributed by atoms with van der Waals surface area (Å²) in [5.74, 6) is 0.416. The summed E-state index contributed by atoms with van der Waals surface area (Å²) in [6.45, 7) is 0.667. The summed E-state index contributed by atoms with van der Waals surface area (Å²) in [5.41, 5.74) is 7.23. The molecule has 1 atom stereocenters. The normalized spacial score (nSPS) is 24.0. The molecule has 0 radical (unpaired) electrons. The van der Waals surface area contributed by atoms with Crippen molar-refractivity contribution in [2.75, 3.05) is 6.54 Å². The molecule has 1 aliphatic carbocycles. The van der Waals surface area contributed by atoms with Crippen LogP contribution in [-0.2, 0) is 0 Å². The van der Waals surface area contributed by atoms with Crippen LogP contribution >= 0.6 is 15.9 Å². The number of hydrogen-bond donors (Lipinski definition) is 1. The van der Waals surface area contributed by atoms with Crippen molar-refractivity contribution in [2.45, 2.75) is 50.6 Å². The number of hydrogen-bond acceptors (Lipinski definition) is 3. The van der Waals surface area contributed by atoms with Crippen molar-refractivity contribution in [1.82, 2.24) is 4.90 Å². The van der Waals surface area contributed by atoms with Crippen molar-refractivity contribution in [3.05, 3.63) is 34.1 Å². The first-order valence-electron chi connectivity index (χ1n) is 7.70. The lowest BCUT2D eigenvalue weighted by Crippen LogP contribution is -2.43. The second-order valence-electron chi connectivity index (χ2n) is 5.94. The molecule has 0 saturated heterocycles. The molecule has 5 heteroatoms. The molecule has 2 N–H and O–H groups in total. The lowest BCUT2D eigenvalue weighted by Gasteiger charge is -2.34. The van der Waals surface area contributed by atoms with E-state index in [0.717, 1.165) is 5.56 Å². The van der Waals surface area contributed by atoms with Crippen molar-refractivity contribution in [3.63, 3.8) is 0 Å². The van der Waals surface area contributed by atoms with Crippen molar-refractivity contribution in [3.8, 4) is 0 Å². The Morgan fingerprint density at radius 2 is 1.90 bits per heavy atom. The molecule has 1 saturated carbocycles. The van der Waals surface area contributed by atoms with E-state index in [-0.39, 0.29) is 11.9 Å². The molecule has 1 heterocycles. The monoisotopic (exact) mass is 353 g/mol. The van der Waals surface area contributed by atoms with Gasteiger partial charge in [-0.3, -0.25) is 4.99 Å². The first kappa shape index (κ1) is 14.8. The van der Waals surface area contributed by atoms with Crippen LogP contribution in [0, 0.1) is 5.82 Å². The minimum Gasteiger partial charge on any atom is -0.370 e. The lowest BCUT2D eigenvalue weighted by atomic mass is 10.0. The maximum absolute atomic E-state index is 13.5. The van der Waals surface area contributed by atoms with E-state index < -0.39 is 0 Å². The summed E-state index contributed by atoms with van der Waals surface area (Å²) in [7, 11) is 0. The number of nitrogens with zero attached hydrogens (tertiary/aromatic N) is 2. The van der Waals surface area contributed by atoms with Crippen molar-refractivity contribution < 1.29 is 4.39 Å². The molecule has 0 spiro atoms. The minimum absolute atomic E-state index is 0.144. The number of nitrogens with two attached hydrogens (primary N) is 1. The van der Waals surface area contributed by atoms with Crippen LogP contribution in [0.3, 0.4) is 0 Å². The summed E-state index contributed by atoms with van der Waals surface area (Å²) in [5, 5.41) is 0. The van der Waals surface area contributed by atoms with Gasteiger partial charge in [-0.25, -0.2) is 4.39 Å². The van der Waals surface area contributed by atoms with Gasteiger partial charge in [0.2, 0.25) is 0 Å². The van der Waals surface area contributed by atoms with Crippen LogP contribution in [0.2, 0.25) is 0 Å². The van der Waals surface area contributed by atoms with Gasteiger partial charge in [0.15, 0.2) is 5.96 Å². The predicted octanol–water partition coefficient (Wildman–Crippen LogP) is 3.98. The molecule has 2 aliphatic rings. The largest absolute Gasteiger partial charge is 0.370 e. The van der Waals surface area contributed by atoms with Crippen molar-refractivity contribution >= 4 is 21.9 Å². The van der Waals surface area contributed by atoms with Gasteiger partial charge in [-0.15, -0.1) is 0 Å². The highest BCUT2D eigenvalue weighted by molar-refractivity contribution is 9.10. The zero-order chi connectivity index (χ0) is 14.8. The van der Waals surface area contributed by atoms with Gasteiger partial charge in [-0.2, -0.15) is 0 Å². The summed E-state index contributed by atoms with van der Waals surface area (Å²) in [6.07, 6.45) is 7.50. The Labute approximate surface area is 133 Å². The van der Waals surface area contributed by atoms with Gasteiger partial charge in [-0.1, -0.05) is 31.7 Å². The molecule has 1 aromatic carbocycles. The highest BCUT2D eigenvalue weighted by Gasteiger charge is 2.33. The number of rotatable bonds is 2. The fourth-order valence-corrected chi connectivity index (χ4v) is 3.87. The number of guanidine groups is 1. The Bertz CT molecular complexity index is 538. The van der Waals surface area contributed by atoms with Gasteiger partial charge >= 0.3 is 0 Å². The first-order valence-corrected chi connectivity index (χ1v) is 8.49. The van der Waals surface area contributed by atoms with Crippen molar-refractivity contribution in [2.24, 2.45) is 10.7 Å². The SMILES string of the molecule is NC1=NCC(c2ccc(F)c(Br)c2)N1C1CCCCCC1. The first-order chi connectivity index (χ1) is 10.2. The van der Waals surface area contributed by atoms with Crippen LogP contribution < -0.4 is 5.73 Å². The predicted molar refractivity (Wildman–Crippen MR) is 86.7 cm³/mol. The molecule has 21 heavy (non-hydrogen) atoms. The third kappa shape index (κ3) is 3.07. The number of halogens is 2. The minimum atomic E-state index is -0.230. The van der Waals surface area contributed by atoms with Gasteiger partial charge in [0.1, 0.15) is 5.82 Å². The Kier molecular flexibility index (Phi) is 4.48. The van der Waals surface area contributed by atoms with Crippen LogP contribution in [-0.4, -0.2) is 23.4 Å². The third-order valence-corrected chi connectivity index (χ3v) is 5.18. The summed E-state index contributed by atoms with van der Waals surface area (Å²) in [6, 6.07) is 5.83. The van der Waals surface area contributed by atoms with Crippen LogP contribution in [0.4, 0.5) is 4.39 Å². The van der Waals surface area contributed by atoms with Gasteiger partial charge in [-0.05, 0) is 46.5 Å². The molecule has 114 valence electrons. The van der Waals surface area contributed by atoms with E-state index in [1.54, 1.807) is 0 Å². The van der Waals surface area contributed by atoms with E-state index in [9.17, 15) is 4.39 Å². The van der Waals surface area contributed by atoms with Gasteiger partial charge in [0, 0.05) is 6.04 Å². The molecular weight excluding hydrogens is 333 g/mol. The number of aliphatic imine (C=N–C) groups is 1. The van der Waals surface area contributed by atoms with Crippen molar-refractivity contribution in [1.29, 1.82) is 0 Å². The van der Waals surface area contributed by atoms with Gasteiger partial charge in [0.25, 0.3) is 0 Å². The smallest absolute Gasteiger partial charge is 0.192 e. The zero-order valence-corrected chi connectivity index (χ0v) is 13.7. The molecule has 1 unspecified atom stereocenters. The Hall–Kier alpha value is -1.10. The summed E-state index contributed by atoms with van der Waals surface area (Å²) < 4.78 is 14.0. The molecular formula is C16H21BrFN3. The van der Waals surface area contributed by atoms with Crippen LogP contribution in [0.15, 0.2) is 27.7 Å². The molecule has 3 nitrogen and oxygen atoms in total. The Morgan fingerprint density at radius 3 is 2.57 bits per heavy atom. The molecule has 1 fully saturated rings. The lowest BCUT2D eigenvalue weighted by molar-refractivity contribution is 0.237. The van der Waals surface area contributed by atoms with E-state index in [1.165, 1.54) is 44.6 Å². The fourth-order valence-electron chi connectivity index (χ4n) is 3.47. The maximum atomic E-state index is 13.5. The van der Waals surface area contributed by atoms with E-state index in [1.807, 2.05) is 12.1 Å². The molecule has 1 aliphatic heterocycles. The zero-order valence-electron chi connectivity index (χ0n) is 12.1. The standard InChI is InChI=1S/C16H21BrFN3/c17-13-9-11(7-8-14(13)18)15-10-20-16(19)21(15)12-5-3-1-2-4-6-12/h7-9,12,15H,1-6,10H2,(H2,19,20). The van der Waals surface area contributed by atoms with E-state index >= 15 is 0 Å². The van der Waals surface area contributed by atoms with Gasteiger partial charge in [0.05, 0.1) is 17.1 Å². The molecule has 0 amide bonds. The van der Waals surface area contributed by atoms with Crippen LogP contribution in [0.25, 0.3) is 0 Å². The second-order valence-corrected chi connectivity index (χ2v) is 6.80. The second kappa shape index (κ2) is 6.34. The average Bonchev–Trinajstić information content (AvgIpc) is 2.69. The Morgan fingerprint density at radius 1 is 1.19 bits per heavy atom. The highest BCUT2D eigenvalue weighted by Crippen LogP contribution is 2.34. The average molecular weight is 354 g/mol. The van der Waals surface area contributed by atoms with E-state index in [2.05, 4.69) is 25.8 Å². The van der Waals surface area contributed by atoms with Crippen LogP contribution in [0.5, 0.6) is 0 Å². The van der Waals surface area contributed by atoms with Gasteiger partial charge < -0.3 is 10.6 Å². The molecule has 1 aromatic rings. The number of benzene rings is 1. The maximum Gasteiger partial charge on any atom is 0.192 e. The summed E-state index contributed by atoms with van der Waals surface area (Å²) >= 11 is 3.27. The van der Waals surface area contributed by atoms with E-state index in [0.29, 0.717) is 23.0 Å². The third-order valence-electron chi connectivity index (χ3n) is 4.57. The molecule has 3 rings (SSSR count).